The number of nitrogens with one attached hydrogen (secondary N) is 1. The molecule has 90 valence electrons. The number of benzene rings is 2. The molecule has 0 aromatic heterocycles. The van der Waals surface area contributed by atoms with Crippen LogP contribution in [-0.2, 0) is 4.79 Å². The molecule has 0 spiro atoms. The van der Waals surface area contributed by atoms with E-state index in [2.05, 4.69) is 11.9 Å². The maximum absolute atomic E-state index is 11.4. The second-order valence-corrected chi connectivity index (χ2v) is 3.86. The van der Waals surface area contributed by atoms with Crippen LogP contribution >= 0.6 is 0 Å². The average Bonchev–Trinajstić information content (AvgIpc) is 2.38. The topological polar surface area (TPSA) is 69.6 Å². The number of carbonyl (C=O) groups is 1. The van der Waals surface area contributed by atoms with E-state index in [9.17, 15) is 14.8 Å². The molecule has 2 rings (SSSR count). The number of amides is 1. The summed E-state index contributed by atoms with van der Waals surface area (Å²) in [7, 11) is -1.58. The van der Waals surface area contributed by atoms with Crippen LogP contribution in [0.4, 0.5) is 5.69 Å². The zero-order valence-corrected chi connectivity index (χ0v) is 9.63. The van der Waals surface area contributed by atoms with E-state index in [1.807, 2.05) is 24.3 Å². The van der Waals surface area contributed by atoms with Crippen LogP contribution in [0.25, 0.3) is 10.8 Å². The summed E-state index contributed by atoms with van der Waals surface area (Å²) in [6, 6.07) is 10.6. The van der Waals surface area contributed by atoms with E-state index in [1.54, 1.807) is 6.07 Å². The number of hydrogen-bond acceptors (Lipinski definition) is 3. The molecule has 2 aromatic rings. The van der Waals surface area contributed by atoms with Gasteiger partial charge in [-0.2, -0.15) is 0 Å². The minimum atomic E-state index is -1.58. The van der Waals surface area contributed by atoms with Gasteiger partial charge in [-0.3, -0.25) is 4.79 Å². The van der Waals surface area contributed by atoms with Crippen LogP contribution in [0.2, 0.25) is 0 Å². The summed E-state index contributed by atoms with van der Waals surface area (Å²) in [5.41, 5.74) is 0.856. The molecule has 1 amide bonds. The molecule has 3 N–H and O–H groups in total. The lowest BCUT2D eigenvalue weighted by molar-refractivity contribution is -0.111. The maximum Gasteiger partial charge on any atom is 0.488 e. The fourth-order valence-electron chi connectivity index (χ4n) is 1.77. The second-order valence-electron chi connectivity index (χ2n) is 3.86. The van der Waals surface area contributed by atoms with E-state index in [0.29, 0.717) is 11.2 Å². The van der Waals surface area contributed by atoms with Gasteiger partial charge in [0.25, 0.3) is 0 Å². The molecule has 18 heavy (non-hydrogen) atoms. The largest absolute Gasteiger partial charge is 0.488 e. The Morgan fingerprint density at radius 2 is 2.00 bits per heavy atom. The Morgan fingerprint density at radius 1 is 1.28 bits per heavy atom. The normalized spacial score (nSPS) is 10.1. The first kappa shape index (κ1) is 12.4. The average molecular weight is 241 g/mol. The zero-order chi connectivity index (χ0) is 13.1. The lowest BCUT2D eigenvalue weighted by Gasteiger charge is -2.10. The van der Waals surface area contributed by atoms with Crippen molar-refractivity contribution in [1.82, 2.24) is 0 Å². The lowest BCUT2D eigenvalue weighted by Crippen LogP contribution is -2.30. The van der Waals surface area contributed by atoms with Crippen LogP contribution in [0.15, 0.2) is 49.1 Å². The molecule has 0 aliphatic carbocycles. The fourth-order valence-corrected chi connectivity index (χ4v) is 1.77. The van der Waals surface area contributed by atoms with Gasteiger partial charge < -0.3 is 15.4 Å². The van der Waals surface area contributed by atoms with Gasteiger partial charge in [0.2, 0.25) is 5.91 Å². The maximum atomic E-state index is 11.4. The van der Waals surface area contributed by atoms with Crippen molar-refractivity contribution in [2.24, 2.45) is 0 Å². The minimum Gasteiger partial charge on any atom is -0.423 e. The van der Waals surface area contributed by atoms with Gasteiger partial charge >= 0.3 is 7.12 Å². The summed E-state index contributed by atoms with van der Waals surface area (Å²) in [6.45, 7) is 3.38. The van der Waals surface area contributed by atoms with Gasteiger partial charge in [0.15, 0.2) is 0 Å². The van der Waals surface area contributed by atoms with Crippen molar-refractivity contribution in [3.8, 4) is 0 Å². The van der Waals surface area contributed by atoms with Gasteiger partial charge in [0.1, 0.15) is 0 Å². The number of carbonyl (C=O) groups excluding carboxylic acids is 1. The van der Waals surface area contributed by atoms with Crippen molar-refractivity contribution in [2.45, 2.75) is 0 Å². The third kappa shape index (κ3) is 2.42. The van der Waals surface area contributed by atoms with Crippen molar-refractivity contribution < 1.29 is 14.8 Å². The van der Waals surface area contributed by atoms with Crippen molar-refractivity contribution >= 4 is 34.9 Å². The second kappa shape index (κ2) is 5.04. The van der Waals surface area contributed by atoms with E-state index >= 15 is 0 Å². The fraction of sp³-hybridized carbons (Fsp3) is 0. The number of anilines is 1. The lowest BCUT2D eigenvalue weighted by atomic mass is 9.79. The highest BCUT2D eigenvalue weighted by atomic mass is 16.4. The van der Waals surface area contributed by atoms with E-state index < -0.39 is 7.12 Å². The molecule has 0 atom stereocenters. The van der Waals surface area contributed by atoms with Crippen LogP contribution in [0.3, 0.4) is 0 Å². The van der Waals surface area contributed by atoms with E-state index in [1.165, 1.54) is 6.07 Å². The summed E-state index contributed by atoms with van der Waals surface area (Å²) in [4.78, 5) is 11.4. The molecule has 0 saturated carbocycles. The Balaban J connectivity index is 2.60. The quantitative estimate of drug-likeness (QED) is 0.545. The smallest absolute Gasteiger partial charge is 0.423 e. The number of rotatable bonds is 3. The molecule has 2 aromatic carbocycles. The Kier molecular flexibility index (Phi) is 3.46. The van der Waals surface area contributed by atoms with Crippen molar-refractivity contribution in [1.29, 1.82) is 0 Å². The van der Waals surface area contributed by atoms with Gasteiger partial charge in [0.05, 0.1) is 0 Å². The summed E-state index contributed by atoms with van der Waals surface area (Å²) in [5.74, 6) is -0.343. The number of fused-ring (bicyclic) bond motifs is 1. The third-order valence-corrected chi connectivity index (χ3v) is 2.63. The molecule has 0 bridgehead atoms. The Hall–Kier alpha value is -2.11. The van der Waals surface area contributed by atoms with Crippen LogP contribution in [0.5, 0.6) is 0 Å². The van der Waals surface area contributed by atoms with Crippen molar-refractivity contribution in [2.75, 3.05) is 5.32 Å². The molecule has 4 nitrogen and oxygen atoms in total. The molecule has 0 radical (unpaired) electrons. The predicted octanol–water partition coefficient (Wildman–Crippen LogP) is 0.644. The third-order valence-electron chi connectivity index (χ3n) is 2.63. The van der Waals surface area contributed by atoms with Crippen LogP contribution in [0.1, 0.15) is 0 Å². The summed E-state index contributed by atoms with van der Waals surface area (Å²) < 4.78 is 0. The predicted molar refractivity (Wildman–Crippen MR) is 72.6 cm³/mol. The first-order valence-electron chi connectivity index (χ1n) is 5.44. The molecular formula is C13H12BNO3. The summed E-state index contributed by atoms with van der Waals surface area (Å²) in [6.07, 6.45) is 1.16. The Morgan fingerprint density at radius 3 is 2.67 bits per heavy atom. The van der Waals surface area contributed by atoms with Crippen LogP contribution < -0.4 is 10.8 Å². The highest BCUT2D eigenvalue weighted by molar-refractivity contribution is 6.59. The van der Waals surface area contributed by atoms with E-state index in [0.717, 1.165) is 16.8 Å². The van der Waals surface area contributed by atoms with Gasteiger partial charge in [-0.25, -0.2) is 0 Å². The van der Waals surface area contributed by atoms with Gasteiger partial charge in [-0.15, -0.1) is 0 Å². The van der Waals surface area contributed by atoms with E-state index in [-0.39, 0.29) is 5.91 Å². The van der Waals surface area contributed by atoms with Gasteiger partial charge in [0, 0.05) is 11.1 Å². The highest BCUT2D eigenvalue weighted by Gasteiger charge is 2.14. The summed E-state index contributed by atoms with van der Waals surface area (Å²) >= 11 is 0. The highest BCUT2D eigenvalue weighted by Crippen LogP contribution is 2.22. The number of hydrogen-bond donors (Lipinski definition) is 3. The Labute approximate surface area is 105 Å². The molecule has 0 unspecified atom stereocenters. The zero-order valence-electron chi connectivity index (χ0n) is 9.63. The monoisotopic (exact) mass is 241 g/mol. The van der Waals surface area contributed by atoms with E-state index in [4.69, 9.17) is 0 Å². The molecule has 0 saturated heterocycles. The van der Waals surface area contributed by atoms with Crippen LogP contribution in [-0.4, -0.2) is 23.1 Å². The van der Waals surface area contributed by atoms with Crippen molar-refractivity contribution in [3.63, 3.8) is 0 Å². The minimum absolute atomic E-state index is 0.327. The molecular weight excluding hydrogens is 229 g/mol. The van der Waals surface area contributed by atoms with Crippen molar-refractivity contribution in [3.05, 3.63) is 49.1 Å². The molecule has 5 heteroatoms. The van der Waals surface area contributed by atoms with Gasteiger partial charge in [-0.1, -0.05) is 36.9 Å². The molecule has 0 aliphatic rings. The first-order valence-corrected chi connectivity index (χ1v) is 5.44. The molecule has 0 aliphatic heterocycles. The molecule has 0 fully saturated rings. The molecule has 0 heterocycles. The standard InChI is InChI=1S/C13H12BNO3/c1-2-13(16)15-12-8-10(14(17)18)7-9-5-3-4-6-11(9)12/h2-8,17-18H,1H2,(H,15,16). The Bertz CT molecular complexity index is 610. The van der Waals surface area contributed by atoms with Gasteiger partial charge in [-0.05, 0) is 23.0 Å². The van der Waals surface area contributed by atoms with Crippen LogP contribution in [0, 0.1) is 0 Å². The summed E-state index contributed by atoms with van der Waals surface area (Å²) in [5, 5.41) is 22.7. The first-order chi connectivity index (χ1) is 8.61. The SMILES string of the molecule is C=CC(=O)Nc1cc(B(O)O)cc2ccccc12.